The van der Waals surface area contributed by atoms with Gasteiger partial charge >= 0.3 is 11.8 Å². The zero-order valence-corrected chi connectivity index (χ0v) is 15.8. The second-order valence-corrected chi connectivity index (χ2v) is 7.25. The molecule has 1 heterocycles. The smallest absolute Gasteiger partial charge is 0.313 e. The van der Waals surface area contributed by atoms with Gasteiger partial charge in [0, 0.05) is 25.3 Å². The molecule has 3 rings (SSSR count). The fourth-order valence-electron chi connectivity index (χ4n) is 3.52. The SMILES string of the molecule is CC1CCCN(Cc2ccccc2CNC(=O)C(=O)Nc2ccccc2)C1. The summed E-state index contributed by atoms with van der Waals surface area (Å²) in [5.41, 5.74) is 2.87. The predicted molar refractivity (Wildman–Crippen MR) is 107 cm³/mol. The van der Waals surface area contributed by atoms with Crippen molar-refractivity contribution in [2.45, 2.75) is 32.9 Å². The minimum atomic E-state index is -0.650. The highest BCUT2D eigenvalue weighted by Crippen LogP contribution is 2.19. The summed E-state index contributed by atoms with van der Waals surface area (Å²) < 4.78 is 0. The predicted octanol–water partition coefficient (Wildman–Crippen LogP) is 3.17. The summed E-state index contributed by atoms with van der Waals surface area (Å²) in [5, 5.41) is 5.34. The number of anilines is 1. The average Bonchev–Trinajstić information content (AvgIpc) is 2.68. The minimum Gasteiger partial charge on any atom is -0.344 e. The van der Waals surface area contributed by atoms with E-state index in [9.17, 15) is 9.59 Å². The van der Waals surface area contributed by atoms with Gasteiger partial charge in [0.15, 0.2) is 0 Å². The van der Waals surface area contributed by atoms with Crippen molar-refractivity contribution in [1.29, 1.82) is 0 Å². The number of piperidine rings is 1. The maximum Gasteiger partial charge on any atom is 0.313 e. The van der Waals surface area contributed by atoms with Gasteiger partial charge in [0.1, 0.15) is 0 Å². The van der Waals surface area contributed by atoms with Crippen molar-refractivity contribution < 1.29 is 9.59 Å². The van der Waals surface area contributed by atoms with Crippen LogP contribution in [0.3, 0.4) is 0 Å². The lowest BCUT2D eigenvalue weighted by Crippen LogP contribution is -2.36. The van der Waals surface area contributed by atoms with Crippen LogP contribution in [-0.4, -0.2) is 29.8 Å². The lowest BCUT2D eigenvalue weighted by molar-refractivity contribution is -0.136. The van der Waals surface area contributed by atoms with E-state index in [4.69, 9.17) is 0 Å². The van der Waals surface area contributed by atoms with E-state index in [1.807, 2.05) is 36.4 Å². The molecule has 2 aromatic carbocycles. The van der Waals surface area contributed by atoms with Crippen molar-refractivity contribution >= 4 is 17.5 Å². The van der Waals surface area contributed by atoms with Crippen LogP contribution in [0, 0.1) is 5.92 Å². The Kier molecular flexibility index (Phi) is 6.60. The van der Waals surface area contributed by atoms with E-state index >= 15 is 0 Å². The summed E-state index contributed by atoms with van der Waals surface area (Å²) in [7, 11) is 0. The van der Waals surface area contributed by atoms with E-state index in [1.54, 1.807) is 12.1 Å². The first-order valence-corrected chi connectivity index (χ1v) is 9.55. The zero-order chi connectivity index (χ0) is 19.1. The van der Waals surface area contributed by atoms with Gasteiger partial charge in [-0.3, -0.25) is 14.5 Å². The van der Waals surface area contributed by atoms with E-state index in [1.165, 1.54) is 18.4 Å². The Hall–Kier alpha value is -2.66. The van der Waals surface area contributed by atoms with Crippen LogP contribution in [0.15, 0.2) is 54.6 Å². The van der Waals surface area contributed by atoms with Gasteiger partial charge in [-0.15, -0.1) is 0 Å². The molecule has 0 radical (unpaired) electrons. The highest BCUT2D eigenvalue weighted by molar-refractivity contribution is 6.39. The van der Waals surface area contributed by atoms with Gasteiger partial charge in [-0.05, 0) is 48.6 Å². The van der Waals surface area contributed by atoms with Crippen LogP contribution >= 0.6 is 0 Å². The van der Waals surface area contributed by atoms with Crippen LogP contribution in [0.25, 0.3) is 0 Å². The number of rotatable bonds is 5. The van der Waals surface area contributed by atoms with Crippen LogP contribution in [0.1, 0.15) is 30.9 Å². The number of nitrogens with one attached hydrogen (secondary N) is 2. The summed E-state index contributed by atoms with van der Waals surface area (Å²) >= 11 is 0. The molecule has 0 aliphatic carbocycles. The Bertz CT molecular complexity index is 776. The number of nitrogens with zero attached hydrogens (tertiary/aromatic N) is 1. The molecular formula is C22H27N3O2. The van der Waals surface area contributed by atoms with Gasteiger partial charge < -0.3 is 10.6 Å². The number of carbonyl (C=O) groups is 2. The normalized spacial score (nSPS) is 17.3. The van der Waals surface area contributed by atoms with E-state index in [2.05, 4.69) is 28.5 Å². The van der Waals surface area contributed by atoms with Gasteiger partial charge in [0.2, 0.25) is 0 Å². The number of carbonyl (C=O) groups excluding carboxylic acids is 2. The summed E-state index contributed by atoms with van der Waals surface area (Å²) in [6.07, 6.45) is 2.53. The van der Waals surface area contributed by atoms with Crippen LogP contribution in [-0.2, 0) is 22.7 Å². The van der Waals surface area contributed by atoms with Gasteiger partial charge in [-0.1, -0.05) is 49.4 Å². The minimum absolute atomic E-state index is 0.348. The molecule has 0 spiro atoms. The summed E-state index contributed by atoms with van der Waals surface area (Å²) in [6.45, 7) is 5.75. The number of para-hydroxylation sites is 1. The molecule has 1 aliphatic rings. The lowest BCUT2D eigenvalue weighted by Gasteiger charge is -2.31. The molecule has 0 saturated carbocycles. The van der Waals surface area contributed by atoms with E-state index < -0.39 is 11.8 Å². The van der Waals surface area contributed by atoms with Crippen LogP contribution in [0.2, 0.25) is 0 Å². The number of hydrogen-bond donors (Lipinski definition) is 2. The number of benzene rings is 2. The summed E-state index contributed by atoms with van der Waals surface area (Å²) in [5.74, 6) is -0.545. The van der Waals surface area contributed by atoms with E-state index in [-0.39, 0.29) is 0 Å². The Morgan fingerprint density at radius 3 is 2.44 bits per heavy atom. The van der Waals surface area contributed by atoms with Gasteiger partial charge in [-0.25, -0.2) is 0 Å². The Morgan fingerprint density at radius 2 is 1.70 bits per heavy atom. The average molecular weight is 365 g/mol. The molecule has 142 valence electrons. The highest BCUT2D eigenvalue weighted by atomic mass is 16.2. The maximum absolute atomic E-state index is 12.1. The van der Waals surface area contributed by atoms with E-state index in [0.717, 1.165) is 31.1 Å². The fraction of sp³-hybridized carbons (Fsp3) is 0.364. The number of amides is 2. The quantitative estimate of drug-likeness (QED) is 0.800. The third-order valence-electron chi connectivity index (χ3n) is 4.93. The van der Waals surface area contributed by atoms with E-state index in [0.29, 0.717) is 12.2 Å². The van der Waals surface area contributed by atoms with Crippen molar-refractivity contribution in [3.05, 3.63) is 65.7 Å². The maximum atomic E-state index is 12.1. The molecule has 2 aromatic rings. The Labute approximate surface area is 160 Å². The van der Waals surface area contributed by atoms with Crippen molar-refractivity contribution in [3.8, 4) is 0 Å². The standard InChI is InChI=1S/C22H27N3O2/c1-17-8-7-13-25(15-17)16-19-10-6-5-9-18(19)14-23-21(26)22(27)24-20-11-3-2-4-12-20/h2-6,9-12,17H,7-8,13-16H2,1H3,(H,23,26)(H,24,27). The van der Waals surface area contributed by atoms with Gasteiger partial charge in [0.25, 0.3) is 0 Å². The molecule has 5 heteroatoms. The second-order valence-electron chi connectivity index (χ2n) is 7.25. The molecule has 0 aromatic heterocycles. The molecule has 2 amide bonds. The van der Waals surface area contributed by atoms with Crippen LogP contribution in [0.4, 0.5) is 5.69 Å². The first-order valence-electron chi connectivity index (χ1n) is 9.55. The Balaban J connectivity index is 1.56. The Morgan fingerprint density at radius 1 is 1.00 bits per heavy atom. The molecule has 1 atom stereocenters. The molecular weight excluding hydrogens is 338 g/mol. The molecule has 5 nitrogen and oxygen atoms in total. The lowest BCUT2D eigenvalue weighted by atomic mass is 9.99. The highest BCUT2D eigenvalue weighted by Gasteiger charge is 2.18. The first kappa shape index (κ1) is 19.1. The largest absolute Gasteiger partial charge is 0.344 e. The second kappa shape index (κ2) is 9.33. The molecule has 1 aliphatic heterocycles. The van der Waals surface area contributed by atoms with Crippen LogP contribution < -0.4 is 10.6 Å². The molecule has 1 unspecified atom stereocenters. The summed E-state index contributed by atoms with van der Waals surface area (Å²) in [4.78, 5) is 26.6. The topological polar surface area (TPSA) is 61.4 Å². The van der Waals surface area contributed by atoms with Crippen LogP contribution in [0.5, 0.6) is 0 Å². The van der Waals surface area contributed by atoms with Crippen molar-refractivity contribution in [2.75, 3.05) is 18.4 Å². The third kappa shape index (κ3) is 5.66. The molecule has 1 saturated heterocycles. The number of likely N-dealkylation sites (tertiary alicyclic amines) is 1. The van der Waals surface area contributed by atoms with Crippen molar-refractivity contribution in [1.82, 2.24) is 10.2 Å². The van der Waals surface area contributed by atoms with Gasteiger partial charge in [-0.2, -0.15) is 0 Å². The van der Waals surface area contributed by atoms with Crippen molar-refractivity contribution in [3.63, 3.8) is 0 Å². The molecule has 0 bridgehead atoms. The zero-order valence-electron chi connectivity index (χ0n) is 15.8. The van der Waals surface area contributed by atoms with Crippen molar-refractivity contribution in [2.24, 2.45) is 5.92 Å². The molecule has 1 fully saturated rings. The van der Waals surface area contributed by atoms with Gasteiger partial charge in [0.05, 0.1) is 0 Å². The fourth-order valence-corrected chi connectivity index (χ4v) is 3.52. The number of hydrogen-bond acceptors (Lipinski definition) is 3. The monoisotopic (exact) mass is 365 g/mol. The molecule has 27 heavy (non-hydrogen) atoms. The third-order valence-corrected chi connectivity index (χ3v) is 4.93. The molecule has 2 N–H and O–H groups in total. The first-order chi connectivity index (χ1) is 13.1. The summed E-state index contributed by atoms with van der Waals surface area (Å²) in [6, 6.07) is 17.1.